The predicted molar refractivity (Wildman–Crippen MR) is 246 cm³/mol. The zero-order valence-corrected chi connectivity index (χ0v) is 32.1. The number of aromatic nitrogens is 4. The van der Waals surface area contributed by atoms with Crippen molar-refractivity contribution in [1.82, 2.24) is 18.7 Å². The van der Waals surface area contributed by atoms with Gasteiger partial charge in [0.15, 0.2) is 0 Å². The maximum atomic E-state index is 5.16. The van der Waals surface area contributed by atoms with Gasteiger partial charge in [-0.05, 0) is 113 Å². The zero-order chi connectivity index (χ0) is 38.9. The van der Waals surface area contributed by atoms with Crippen LogP contribution in [0.15, 0.2) is 218 Å². The molecule has 0 atom stereocenters. The van der Waals surface area contributed by atoms with E-state index in [-0.39, 0.29) is 0 Å². The first-order chi connectivity index (χ1) is 29.3. The van der Waals surface area contributed by atoms with Crippen molar-refractivity contribution in [3.05, 3.63) is 218 Å². The van der Waals surface area contributed by atoms with Crippen molar-refractivity contribution in [2.24, 2.45) is 0 Å². The topological polar surface area (TPSA) is 27.7 Å². The largest absolute Gasteiger partial charge is 0.309 e. The van der Waals surface area contributed by atoms with E-state index in [9.17, 15) is 0 Å². The van der Waals surface area contributed by atoms with Crippen molar-refractivity contribution in [2.75, 3.05) is 0 Å². The average molecular weight is 753 g/mol. The second kappa shape index (κ2) is 13.3. The lowest BCUT2D eigenvalue weighted by molar-refractivity contribution is 1.10. The molecule has 59 heavy (non-hydrogen) atoms. The molecule has 3 aromatic heterocycles. The van der Waals surface area contributed by atoms with Gasteiger partial charge in [-0.15, -0.1) is 0 Å². The first kappa shape index (κ1) is 33.2. The summed E-state index contributed by atoms with van der Waals surface area (Å²) in [6.07, 6.45) is 0. The summed E-state index contributed by atoms with van der Waals surface area (Å²) in [4.78, 5) is 5.16. The Morgan fingerprint density at radius 2 is 0.780 bits per heavy atom. The Hall–Kier alpha value is -7.95. The fourth-order valence-corrected chi connectivity index (χ4v) is 9.17. The molecule has 0 radical (unpaired) electrons. The summed E-state index contributed by atoms with van der Waals surface area (Å²) in [5.74, 6) is 0.919. The van der Waals surface area contributed by atoms with Crippen LogP contribution in [-0.2, 0) is 0 Å². The second-order valence-corrected chi connectivity index (χ2v) is 15.2. The van der Waals surface area contributed by atoms with E-state index in [1.807, 2.05) is 0 Å². The van der Waals surface area contributed by atoms with Gasteiger partial charge >= 0.3 is 0 Å². The summed E-state index contributed by atoms with van der Waals surface area (Å²) in [6.45, 7) is 0. The van der Waals surface area contributed by atoms with Gasteiger partial charge in [0.25, 0.3) is 0 Å². The molecule has 0 unspecified atom stereocenters. The summed E-state index contributed by atoms with van der Waals surface area (Å²) < 4.78 is 7.17. The minimum atomic E-state index is 0.919. The van der Waals surface area contributed by atoms with Gasteiger partial charge in [0.05, 0.1) is 33.1 Å². The number of hydrogen-bond donors (Lipinski definition) is 0. The molecule has 4 nitrogen and oxygen atoms in total. The number of rotatable bonds is 6. The van der Waals surface area contributed by atoms with E-state index in [1.54, 1.807) is 0 Å². The molecule has 12 rings (SSSR count). The van der Waals surface area contributed by atoms with Crippen molar-refractivity contribution in [1.29, 1.82) is 0 Å². The van der Waals surface area contributed by atoms with Crippen LogP contribution in [0, 0.1) is 0 Å². The van der Waals surface area contributed by atoms with Gasteiger partial charge in [-0.2, -0.15) is 0 Å². The van der Waals surface area contributed by atoms with Gasteiger partial charge in [0.2, 0.25) is 0 Å². The highest BCUT2D eigenvalue weighted by Crippen LogP contribution is 2.44. The molecular weight excluding hydrogens is 717 g/mol. The molecule has 9 aromatic carbocycles. The van der Waals surface area contributed by atoms with Gasteiger partial charge in [0.1, 0.15) is 5.82 Å². The summed E-state index contributed by atoms with van der Waals surface area (Å²) in [7, 11) is 0. The number of imidazole rings is 1. The van der Waals surface area contributed by atoms with Crippen LogP contribution in [0.3, 0.4) is 0 Å². The van der Waals surface area contributed by atoms with Crippen molar-refractivity contribution in [3.63, 3.8) is 0 Å². The predicted octanol–water partition coefficient (Wildman–Crippen LogP) is 14.2. The Morgan fingerprint density at radius 1 is 0.288 bits per heavy atom. The monoisotopic (exact) mass is 752 g/mol. The molecular formula is C55H36N4. The maximum Gasteiger partial charge on any atom is 0.145 e. The van der Waals surface area contributed by atoms with Gasteiger partial charge in [-0.1, -0.05) is 127 Å². The normalized spacial score (nSPS) is 11.7. The Morgan fingerprint density at radius 3 is 1.42 bits per heavy atom. The lowest BCUT2D eigenvalue weighted by atomic mass is 10.0. The van der Waals surface area contributed by atoms with Crippen molar-refractivity contribution >= 4 is 54.6 Å². The van der Waals surface area contributed by atoms with Gasteiger partial charge < -0.3 is 9.13 Å². The Bertz CT molecular complexity index is 3510. The number of benzene rings is 9. The molecule has 276 valence electrons. The summed E-state index contributed by atoms with van der Waals surface area (Å²) in [6, 6.07) is 78.6. The highest BCUT2D eigenvalue weighted by molar-refractivity contribution is 6.26. The highest BCUT2D eigenvalue weighted by Gasteiger charge is 2.22. The van der Waals surface area contributed by atoms with Crippen LogP contribution in [0.4, 0.5) is 0 Å². The van der Waals surface area contributed by atoms with Crippen LogP contribution in [0.2, 0.25) is 0 Å². The third kappa shape index (κ3) is 5.27. The van der Waals surface area contributed by atoms with E-state index in [2.05, 4.69) is 232 Å². The summed E-state index contributed by atoms with van der Waals surface area (Å²) in [5, 5.41) is 4.91. The number of para-hydroxylation sites is 4. The minimum absolute atomic E-state index is 0.919. The number of fused-ring (bicyclic) bond motifs is 8. The number of nitrogens with zero attached hydrogens (tertiary/aromatic N) is 4. The van der Waals surface area contributed by atoms with Crippen LogP contribution >= 0.6 is 0 Å². The molecule has 0 aliphatic heterocycles. The standard InChI is InChI=1S/C55H36N4/c1-5-15-37(16-6-1)40-27-32-49-46(35-40)45-31-34-52-53(54(45)58(49)42-19-9-3-10-20-42)47-36-41(38-17-7-2-8-18-38)28-33-50(47)57(52)44-29-25-39(26-30-44)55-56-48-23-13-14-24-51(48)59(55)43-21-11-4-12-22-43/h1-36H. The van der Waals surface area contributed by atoms with Crippen LogP contribution in [-0.4, -0.2) is 18.7 Å². The number of hydrogen-bond acceptors (Lipinski definition) is 1. The van der Waals surface area contributed by atoms with E-state index < -0.39 is 0 Å². The van der Waals surface area contributed by atoms with Crippen LogP contribution in [0.5, 0.6) is 0 Å². The molecule has 0 N–H and O–H groups in total. The van der Waals surface area contributed by atoms with Gasteiger partial charge in [0, 0.05) is 44.2 Å². The fourth-order valence-electron chi connectivity index (χ4n) is 9.17. The molecule has 0 bridgehead atoms. The molecule has 12 aromatic rings. The lowest BCUT2D eigenvalue weighted by Gasteiger charge is -2.12. The maximum absolute atomic E-state index is 5.16. The Labute approximate surface area is 341 Å². The van der Waals surface area contributed by atoms with Crippen molar-refractivity contribution in [2.45, 2.75) is 0 Å². The van der Waals surface area contributed by atoms with E-state index in [0.717, 1.165) is 50.5 Å². The Balaban J connectivity index is 1.13. The quantitative estimate of drug-likeness (QED) is 0.166. The minimum Gasteiger partial charge on any atom is -0.309 e. The molecule has 0 spiro atoms. The highest BCUT2D eigenvalue weighted by atomic mass is 15.1. The summed E-state index contributed by atoms with van der Waals surface area (Å²) in [5.41, 5.74) is 16.0. The molecule has 0 saturated heterocycles. The molecule has 0 fully saturated rings. The molecule has 0 aliphatic rings. The van der Waals surface area contributed by atoms with Crippen LogP contribution in [0.25, 0.3) is 105 Å². The zero-order valence-electron chi connectivity index (χ0n) is 32.1. The lowest BCUT2D eigenvalue weighted by Crippen LogP contribution is -1.98. The van der Waals surface area contributed by atoms with E-state index >= 15 is 0 Å². The van der Waals surface area contributed by atoms with Gasteiger partial charge in [-0.25, -0.2) is 4.98 Å². The van der Waals surface area contributed by atoms with E-state index in [4.69, 9.17) is 4.98 Å². The molecule has 0 amide bonds. The van der Waals surface area contributed by atoms with Crippen LogP contribution in [0.1, 0.15) is 0 Å². The second-order valence-electron chi connectivity index (χ2n) is 15.2. The first-order valence-corrected chi connectivity index (χ1v) is 20.1. The molecule has 3 heterocycles. The van der Waals surface area contributed by atoms with Gasteiger partial charge in [-0.3, -0.25) is 4.57 Å². The molecule has 0 aliphatic carbocycles. The third-order valence-electron chi connectivity index (χ3n) is 11.8. The van der Waals surface area contributed by atoms with Crippen molar-refractivity contribution < 1.29 is 0 Å². The van der Waals surface area contributed by atoms with Crippen molar-refractivity contribution in [3.8, 4) is 50.7 Å². The Kier molecular flexibility index (Phi) is 7.50. The van der Waals surface area contributed by atoms with E-state index in [1.165, 1.54) is 54.8 Å². The summed E-state index contributed by atoms with van der Waals surface area (Å²) >= 11 is 0. The SMILES string of the molecule is c1ccc(-c2ccc3c(c2)c2c(ccc4c5cc(-c6ccccc6)ccc5n(-c5ccccc5)c42)n3-c2ccc(-c3nc4ccccc4n3-c3ccccc3)cc2)cc1. The smallest absolute Gasteiger partial charge is 0.145 e. The molecule has 0 saturated carbocycles. The third-order valence-corrected chi connectivity index (χ3v) is 11.8. The van der Waals surface area contributed by atoms with Crippen LogP contribution < -0.4 is 0 Å². The molecule has 4 heteroatoms. The average Bonchev–Trinajstić information content (AvgIpc) is 3.98. The fraction of sp³-hybridized carbons (Fsp3) is 0. The van der Waals surface area contributed by atoms with E-state index in [0.29, 0.717) is 0 Å². The first-order valence-electron chi connectivity index (χ1n) is 20.1.